The Hall–Kier alpha value is -2.30. The second kappa shape index (κ2) is 5.35. The molecule has 94 valence electrons. The molecular weight excluding hydrogens is 230 g/mol. The minimum Gasteiger partial charge on any atom is -0.493 e. The lowest BCUT2D eigenvalue weighted by Crippen LogP contribution is -2.11. The lowest BCUT2D eigenvalue weighted by molar-refractivity contribution is 0.0949. The van der Waals surface area contributed by atoms with Gasteiger partial charge in [-0.05, 0) is 24.3 Å². The van der Waals surface area contributed by atoms with E-state index in [1.807, 2.05) is 0 Å². The van der Waals surface area contributed by atoms with E-state index in [4.69, 9.17) is 10.5 Å². The summed E-state index contributed by atoms with van der Waals surface area (Å²) in [6.45, 7) is 0.329. The Balaban J connectivity index is 1.84. The summed E-state index contributed by atoms with van der Waals surface area (Å²) in [6, 6.07) is 7.08. The number of rotatable bonds is 5. The summed E-state index contributed by atoms with van der Waals surface area (Å²) in [5.74, 6) is 1.13. The molecule has 0 saturated heterocycles. The van der Waals surface area contributed by atoms with Gasteiger partial charge in [0.25, 0.3) is 0 Å². The van der Waals surface area contributed by atoms with Gasteiger partial charge in [0.15, 0.2) is 5.82 Å². The van der Waals surface area contributed by atoms with Gasteiger partial charge >= 0.3 is 0 Å². The number of hydrogen-bond donors (Lipinski definition) is 1. The highest BCUT2D eigenvalue weighted by molar-refractivity contribution is 5.92. The number of carbonyl (C=O) groups is 1. The van der Waals surface area contributed by atoms with Crippen LogP contribution in [-0.2, 0) is 7.05 Å². The number of nitrogen functional groups attached to an aromatic ring is 1. The van der Waals surface area contributed by atoms with E-state index < -0.39 is 0 Å². The molecule has 0 aliphatic carbocycles. The Kier molecular flexibility index (Phi) is 3.62. The van der Waals surface area contributed by atoms with Crippen molar-refractivity contribution >= 4 is 11.5 Å². The van der Waals surface area contributed by atoms with Gasteiger partial charge in [0, 0.05) is 31.5 Å². The average molecular weight is 245 g/mol. The van der Waals surface area contributed by atoms with Gasteiger partial charge in [0.1, 0.15) is 5.75 Å². The summed E-state index contributed by atoms with van der Waals surface area (Å²) >= 11 is 0. The van der Waals surface area contributed by atoms with Crippen LogP contribution >= 0.6 is 0 Å². The van der Waals surface area contributed by atoms with Crippen LogP contribution in [0.1, 0.15) is 17.0 Å². The molecule has 0 bridgehead atoms. The molecule has 0 aliphatic heterocycles. The molecule has 0 fully saturated rings. The zero-order chi connectivity index (χ0) is 13.0. The summed E-state index contributed by atoms with van der Waals surface area (Å²) in [6.07, 6.45) is 3.65. The normalized spacial score (nSPS) is 10.3. The summed E-state index contributed by atoms with van der Waals surface area (Å²) in [5.41, 5.74) is 6.25. The molecule has 5 heteroatoms. The van der Waals surface area contributed by atoms with E-state index in [1.54, 1.807) is 48.3 Å². The highest BCUT2D eigenvalue weighted by Gasteiger charge is 2.10. The molecule has 0 spiro atoms. The van der Waals surface area contributed by atoms with Gasteiger partial charge in [-0.3, -0.25) is 4.79 Å². The molecule has 0 amide bonds. The fourth-order valence-electron chi connectivity index (χ4n) is 1.57. The standard InChI is InChI=1S/C13H15N3O2/c1-16-8-7-15-13(16)12(17)6-9-18-11-4-2-10(14)3-5-11/h2-5,7-8H,6,9,14H2,1H3. The van der Waals surface area contributed by atoms with Gasteiger partial charge in [-0.15, -0.1) is 0 Å². The Morgan fingerprint density at radius 2 is 2.11 bits per heavy atom. The number of aromatic nitrogens is 2. The number of carbonyl (C=O) groups excluding carboxylic acids is 1. The van der Waals surface area contributed by atoms with Crippen molar-refractivity contribution < 1.29 is 9.53 Å². The summed E-state index contributed by atoms with van der Waals surface area (Å²) in [5, 5.41) is 0. The van der Waals surface area contributed by atoms with Gasteiger partial charge in [-0.2, -0.15) is 0 Å². The van der Waals surface area contributed by atoms with Crippen LogP contribution in [0.5, 0.6) is 5.75 Å². The van der Waals surface area contributed by atoms with Crippen LogP contribution in [0.3, 0.4) is 0 Å². The van der Waals surface area contributed by atoms with E-state index in [0.717, 1.165) is 0 Å². The van der Waals surface area contributed by atoms with Crippen molar-refractivity contribution in [2.75, 3.05) is 12.3 Å². The van der Waals surface area contributed by atoms with Crippen molar-refractivity contribution in [3.05, 3.63) is 42.5 Å². The van der Waals surface area contributed by atoms with Gasteiger partial charge in [0.05, 0.1) is 6.61 Å². The first-order valence-electron chi connectivity index (χ1n) is 5.65. The first-order chi connectivity index (χ1) is 8.66. The number of Topliss-reactive ketones (excluding diaryl/α,β-unsaturated/α-hetero) is 1. The zero-order valence-electron chi connectivity index (χ0n) is 10.2. The third kappa shape index (κ3) is 2.88. The summed E-state index contributed by atoms with van der Waals surface area (Å²) in [7, 11) is 1.79. The molecule has 0 atom stereocenters. The molecule has 0 aliphatic rings. The van der Waals surface area contributed by atoms with Crippen molar-refractivity contribution in [3.8, 4) is 5.75 Å². The third-order valence-corrected chi connectivity index (χ3v) is 2.55. The minimum atomic E-state index is -0.0297. The molecule has 0 radical (unpaired) electrons. The molecule has 1 aromatic heterocycles. The molecular formula is C13H15N3O2. The summed E-state index contributed by atoms with van der Waals surface area (Å²) < 4.78 is 7.16. The Labute approximate surface area is 105 Å². The van der Waals surface area contributed by atoms with Crippen molar-refractivity contribution in [2.24, 2.45) is 7.05 Å². The number of anilines is 1. The molecule has 18 heavy (non-hydrogen) atoms. The first kappa shape index (κ1) is 12.2. The maximum atomic E-state index is 11.8. The fraction of sp³-hybridized carbons (Fsp3) is 0.231. The molecule has 1 aromatic carbocycles. The largest absolute Gasteiger partial charge is 0.493 e. The smallest absolute Gasteiger partial charge is 0.201 e. The van der Waals surface area contributed by atoms with Gasteiger partial charge in [-0.1, -0.05) is 0 Å². The number of nitrogens with two attached hydrogens (primary N) is 1. The van der Waals surface area contributed by atoms with Crippen LogP contribution in [0.2, 0.25) is 0 Å². The number of benzene rings is 1. The number of ether oxygens (including phenoxy) is 1. The predicted octanol–water partition coefficient (Wildman–Crippen LogP) is 1.65. The Bertz CT molecular complexity index is 531. The first-order valence-corrected chi connectivity index (χ1v) is 5.65. The SMILES string of the molecule is Cn1ccnc1C(=O)CCOc1ccc(N)cc1. The second-order valence-corrected chi connectivity index (χ2v) is 3.95. The minimum absolute atomic E-state index is 0.0297. The predicted molar refractivity (Wildman–Crippen MR) is 68.5 cm³/mol. The number of imidazole rings is 1. The van der Waals surface area contributed by atoms with Crippen molar-refractivity contribution in [1.29, 1.82) is 0 Å². The van der Waals surface area contributed by atoms with Gasteiger partial charge in [0.2, 0.25) is 5.78 Å². The van der Waals surface area contributed by atoms with Crippen molar-refractivity contribution in [2.45, 2.75) is 6.42 Å². The Morgan fingerprint density at radius 1 is 1.39 bits per heavy atom. The van der Waals surface area contributed by atoms with Gasteiger partial charge < -0.3 is 15.0 Å². The second-order valence-electron chi connectivity index (χ2n) is 3.95. The number of aryl methyl sites for hydroxylation is 1. The summed E-state index contributed by atoms with van der Waals surface area (Å²) in [4.78, 5) is 15.8. The maximum Gasteiger partial charge on any atom is 0.201 e. The average Bonchev–Trinajstić information content (AvgIpc) is 2.78. The number of hydrogen-bond acceptors (Lipinski definition) is 4. The van der Waals surface area contributed by atoms with Crippen LogP contribution < -0.4 is 10.5 Å². The quantitative estimate of drug-likeness (QED) is 0.642. The van der Waals surface area contributed by atoms with Crippen molar-refractivity contribution in [1.82, 2.24) is 9.55 Å². The van der Waals surface area contributed by atoms with Crippen LogP contribution in [0.25, 0.3) is 0 Å². The van der Waals surface area contributed by atoms with E-state index in [0.29, 0.717) is 30.3 Å². The monoisotopic (exact) mass is 245 g/mol. The van der Waals surface area contributed by atoms with Gasteiger partial charge in [-0.25, -0.2) is 4.98 Å². The van der Waals surface area contributed by atoms with E-state index in [-0.39, 0.29) is 5.78 Å². The van der Waals surface area contributed by atoms with Crippen LogP contribution in [0.15, 0.2) is 36.7 Å². The van der Waals surface area contributed by atoms with Crippen molar-refractivity contribution in [3.63, 3.8) is 0 Å². The maximum absolute atomic E-state index is 11.8. The fourth-order valence-corrected chi connectivity index (χ4v) is 1.57. The van der Waals surface area contributed by atoms with Crippen LogP contribution in [0.4, 0.5) is 5.69 Å². The van der Waals surface area contributed by atoms with E-state index in [9.17, 15) is 4.79 Å². The molecule has 2 N–H and O–H groups in total. The lowest BCUT2D eigenvalue weighted by Gasteiger charge is -2.05. The van der Waals surface area contributed by atoms with E-state index in [2.05, 4.69) is 4.98 Å². The number of nitrogens with zero attached hydrogens (tertiary/aromatic N) is 2. The molecule has 0 unspecified atom stereocenters. The molecule has 0 saturated carbocycles. The zero-order valence-corrected chi connectivity index (χ0v) is 10.2. The van der Waals surface area contributed by atoms with Crippen LogP contribution in [-0.4, -0.2) is 21.9 Å². The lowest BCUT2D eigenvalue weighted by atomic mass is 10.3. The highest BCUT2D eigenvalue weighted by Crippen LogP contribution is 2.13. The topological polar surface area (TPSA) is 70.1 Å². The third-order valence-electron chi connectivity index (χ3n) is 2.55. The molecule has 1 heterocycles. The highest BCUT2D eigenvalue weighted by atomic mass is 16.5. The molecule has 2 rings (SSSR count). The van der Waals surface area contributed by atoms with Crippen LogP contribution in [0, 0.1) is 0 Å². The van der Waals surface area contributed by atoms with E-state index >= 15 is 0 Å². The molecule has 2 aromatic rings. The number of ketones is 1. The molecule has 5 nitrogen and oxygen atoms in total. The van der Waals surface area contributed by atoms with E-state index in [1.165, 1.54) is 0 Å². The Morgan fingerprint density at radius 3 is 2.72 bits per heavy atom.